The highest BCUT2D eigenvalue weighted by molar-refractivity contribution is 7.08. The lowest BCUT2D eigenvalue weighted by Crippen LogP contribution is -3.00. The summed E-state index contributed by atoms with van der Waals surface area (Å²) in [5, 5.41) is 4.13. The van der Waals surface area contributed by atoms with Crippen LogP contribution in [0.4, 0.5) is 10.5 Å². The third kappa shape index (κ3) is 4.54. The van der Waals surface area contributed by atoms with Gasteiger partial charge in [0.2, 0.25) is 0 Å². The zero-order valence-electron chi connectivity index (χ0n) is 16.6. The van der Waals surface area contributed by atoms with Crippen LogP contribution in [-0.2, 0) is 4.74 Å². The van der Waals surface area contributed by atoms with Gasteiger partial charge < -0.3 is 26.2 Å². The Morgan fingerprint density at radius 3 is 2.41 bits per heavy atom. The Balaban J connectivity index is 0.00000210. The monoisotopic (exact) mass is 456 g/mol. The molecule has 1 aromatic heterocycles. The number of carbonyl (C=O) groups is 1. The molecular formula is C21H33BrN2O2S. The number of amides is 1. The average molecular weight is 457 g/mol. The van der Waals surface area contributed by atoms with Crippen LogP contribution in [0.15, 0.2) is 16.8 Å². The van der Waals surface area contributed by atoms with Gasteiger partial charge in [0.15, 0.2) is 0 Å². The molecule has 6 heteroatoms. The van der Waals surface area contributed by atoms with Gasteiger partial charge in [-0.15, -0.1) is 0 Å². The summed E-state index contributed by atoms with van der Waals surface area (Å²) in [5.41, 5.74) is 1.01. The van der Waals surface area contributed by atoms with Crippen LogP contribution in [0.3, 0.4) is 0 Å². The van der Waals surface area contributed by atoms with Crippen LogP contribution in [0.5, 0.6) is 0 Å². The van der Waals surface area contributed by atoms with Crippen LogP contribution in [0.1, 0.15) is 57.8 Å². The molecule has 3 fully saturated rings. The predicted octanol–water partition coefficient (Wildman–Crippen LogP) is 2.05. The Bertz CT molecular complexity index is 600. The number of ether oxygens (including phenoxy) is 1. The minimum atomic E-state index is -0.120. The first-order chi connectivity index (χ1) is 12.5. The van der Waals surface area contributed by atoms with Crippen molar-refractivity contribution < 1.29 is 31.0 Å². The van der Waals surface area contributed by atoms with Gasteiger partial charge >= 0.3 is 6.09 Å². The van der Waals surface area contributed by atoms with Gasteiger partial charge in [0, 0.05) is 37.6 Å². The fourth-order valence-corrected chi connectivity index (χ4v) is 6.10. The second kappa shape index (κ2) is 8.83. The van der Waals surface area contributed by atoms with Crippen molar-refractivity contribution in [2.45, 2.75) is 76.0 Å². The van der Waals surface area contributed by atoms with Crippen molar-refractivity contribution in [3.63, 3.8) is 0 Å². The molecule has 2 saturated heterocycles. The lowest BCUT2D eigenvalue weighted by Gasteiger charge is -2.44. The first-order valence-corrected chi connectivity index (χ1v) is 11.3. The summed E-state index contributed by atoms with van der Waals surface area (Å²) in [5.74, 6) is 0.620. The SMILES string of the molecule is C[N+]1(C)[C@@H]2CC[C@H]1C[C@@H](OC(=O)N(CC1CCCCC1)c1ccsc1)C2.[Br-]. The smallest absolute Gasteiger partial charge is 0.414 e. The van der Waals surface area contributed by atoms with E-state index in [0.29, 0.717) is 18.0 Å². The summed E-state index contributed by atoms with van der Waals surface area (Å²) in [6.07, 6.45) is 11.0. The average Bonchev–Trinajstić information content (AvgIpc) is 3.17. The molecule has 1 amide bonds. The van der Waals surface area contributed by atoms with Crippen molar-refractivity contribution in [3.05, 3.63) is 16.8 Å². The molecule has 0 radical (unpaired) electrons. The summed E-state index contributed by atoms with van der Waals surface area (Å²) in [6.45, 7) is 0.816. The summed E-state index contributed by atoms with van der Waals surface area (Å²) in [7, 11) is 4.70. The molecule has 0 unspecified atom stereocenters. The molecule has 2 bridgehead atoms. The number of carbonyl (C=O) groups excluding carboxylic acids is 1. The molecule has 0 N–H and O–H groups in total. The van der Waals surface area contributed by atoms with Crippen LogP contribution < -0.4 is 21.9 Å². The lowest BCUT2D eigenvalue weighted by atomic mass is 9.89. The van der Waals surface area contributed by atoms with Crippen LogP contribution in [0, 0.1) is 5.92 Å². The van der Waals surface area contributed by atoms with Gasteiger partial charge in [-0.3, -0.25) is 4.90 Å². The third-order valence-electron chi connectivity index (χ3n) is 7.26. The molecular weight excluding hydrogens is 424 g/mol. The van der Waals surface area contributed by atoms with Crippen molar-refractivity contribution in [2.24, 2.45) is 5.92 Å². The normalized spacial score (nSPS) is 29.8. The van der Waals surface area contributed by atoms with Crippen LogP contribution in [0.2, 0.25) is 0 Å². The number of nitrogens with zero attached hydrogens (tertiary/aromatic N) is 2. The molecule has 0 aromatic carbocycles. The highest BCUT2D eigenvalue weighted by Crippen LogP contribution is 2.41. The summed E-state index contributed by atoms with van der Waals surface area (Å²) in [6, 6.07) is 3.36. The Hall–Kier alpha value is -0.590. The van der Waals surface area contributed by atoms with Crippen molar-refractivity contribution in [2.75, 3.05) is 25.5 Å². The van der Waals surface area contributed by atoms with Gasteiger partial charge in [0.05, 0.1) is 31.9 Å². The Labute approximate surface area is 178 Å². The minimum Gasteiger partial charge on any atom is -1.00 e. The molecule has 27 heavy (non-hydrogen) atoms. The minimum absolute atomic E-state index is 0. The predicted molar refractivity (Wildman–Crippen MR) is 107 cm³/mol. The fraction of sp³-hybridized carbons (Fsp3) is 0.762. The Kier molecular flexibility index (Phi) is 6.91. The molecule has 1 aliphatic carbocycles. The molecule has 2 aliphatic heterocycles. The van der Waals surface area contributed by atoms with E-state index in [9.17, 15) is 4.79 Å². The van der Waals surface area contributed by atoms with E-state index >= 15 is 0 Å². The van der Waals surface area contributed by atoms with Gasteiger partial charge in [-0.25, -0.2) is 4.79 Å². The number of rotatable bonds is 4. The van der Waals surface area contributed by atoms with E-state index in [1.165, 1.54) is 44.9 Å². The molecule has 4 nitrogen and oxygen atoms in total. The molecule has 3 heterocycles. The molecule has 1 saturated carbocycles. The number of hydrogen-bond donors (Lipinski definition) is 0. The number of quaternary nitrogens is 1. The number of fused-ring (bicyclic) bond motifs is 2. The maximum atomic E-state index is 13.1. The second-order valence-electron chi connectivity index (χ2n) is 9.09. The zero-order valence-corrected chi connectivity index (χ0v) is 19.0. The maximum Gasteiger partial charge on any atom is 0.414 e. The molecule has 1 aromatic rings. The van der Waals surface area contributed by atoms with Crippen molar-refractivity contribution >= 4 is 23.1 Å². The van der Waals surface area contributed by atoms with E-state index < -0.39 is 0 Å². The number of thiophene rings is 1. The van der Waals surface area contributed by atoms with E-state index in [1.54, 1.807) is 11.3 Å². The Morgan fingerprint density at radius 2 is 1.81 bits per heavy atom. The first-order valence-electron chi connectivity index (χ1n) is 10.4. The quantitative estimate of drug-likeness (QED) is 0.648. The van der Waals surface area contributed by atoms with Crippen molar-refractivity contribution in [1.82, 2.24) is 0 Å². The fourth-order valence-electron chi connectivity index (χ4n) is 5.46. The third-order valence-corrected chi connectivity index (χ3v) is 7.93. The Morgan fingerprint density at radius 1 is 1.15 bits per heavy atom. The first kappa shape index (κ1) is 21.1. The number of piperidine rings is 1. The molecule has 3 aliphatic rings. The van der Waals surface area contributed by atoms with Crippen LogP contribution in [-0.4, -0.2) is 49.4 Å². The van der Waals surface area contributed by atoms with Crippen molar-refractivity contribution in [1.29, 1.82) is 0 Å². The molecule has 0 spiro atoms. The van der Waals surface area contributed by atoms with E-state index in [0.717, 1.165) is 29.6 Å². The lowest BCUT2D eigenvalue weighted by molar-refractivity contribution is -0.931. The zero-order chi connectivity index (χ0) is 18.1. The van der Waals surface area contributed by atoms with E-state index in [-0.39, 0.29) is 29.2 Å². The van der Waals surface area contributed by atoms with Gasteiger partial charge in [0.25, 0.3) is 0 Å². The van der Waals surface area contributed by atoms with Crippen LogP contribution >= 0.6 is 11.3 Å². The molecule has 3 atom stereocenters. The van der Waals surface area contributed by atoms with E-state index in [4.69, 9.17) is 4.74 Å². The van der Waals surface area contributed by atoms with E-state index in [1.807, 2.05) is 4.90 Å². The summed E-state index contributed by atoms with van der Waals surface area (Å²) in [4.78, 5) is 15.0. The highest BCUT2D eigenvalue weighted by atomic mass is 79.9. The van der Waals surface area contributed by atoms with Gasteiger partial charge in [-0.1, -0.05) is 19.3 Å². The second-order valence-corrected chi connectivity index (χ2v) is 9.87. The van der Waals surface area contributed by atoms with Crippen LogP contribution in [0.25, 0.3) is 0 Å². The summed E-state index contributed by atoms with van der Waals surface area (Å²) < 4.78 is 7.19. The van der Waals surface area contributed by atoms with E-state index in [2.05, 4.69) is 30.9 Å². The number of hydrogen-bond acceptors (Lipinski definition) is 3. The van der Waals surface area contributed by atoms with Gasteiger partial charge in [-0.05, 0) is 30.2 Å². The number of anilines is 1. The highest BCUT2D eigenvalue weighted by Gasteiger charge is 2.50. The number of halogens is 1. The topological polar surface area (TPSA) is 29.5 Å². The van der Waals surface area contributed by atoms with Gasteiger partial charge in [0.1, 0.15) is 6.10 Å². The van der Waals surface area contributed by atoms with Crippen molar-refractivity contribution in [3.8, 4) is 0 Å². The molecule has 152 valence electrons. The molecule has 4 rings (SSSR count). The standard InChI is InChI=1S/C21H33N2O2S.BrH/c1-23(2)18-8-9-19(23)13-20(12-18)25-21(24)22(17-10-11-26-15-17)14-16-6-4-3-5-7-16;/h10-11,15-16,18-20H,3-9,12-14H2,1-2H3;1H/q+1;/p-1/t18-,19+,20+;. The summed E-state index contributed by atoms with van der Waals surface area (Å²) >= 11 is 1.65. The maximum absolute atomic E-state index is 13.1. The largest absolute Gasteiger partial charge is 1.00 e. The van der Waals surface area contributed by atoms with Gasteiger partial charge in [-0.2, -0.15) is 11.3 Å².